The lowest BCUT2D eigenvalue weighted by molar-refractivity contribution is -0.155. The van der Waals surface area contributed by atoms with Crippen LogP contribution in [0.5, 0.6) is 0 Å². The van der Waals surface area contributed by atoms with E-state index in [1.54, 1.807) is 0 Å². The van der Waals surface area contributed by atoms with Gasteiger partial charge in [-0.2, -0.15) is 0 Å². The van der Waals surface area contributed by atoms with E-state index in [1.165, 1.54) is 38.5 Å². The highest BCUT2D eigenvalue weighted by Crippen LogP contribution is 2.11. The van der Waals surface area contributed by atoms with Crippen molar-refractivity contribution in [3.63, 3.8) is 0 Å². The SMILES string of the molecule is CCCCCCC(C)OC(=O)CCC(=O)OC(C)CCCCCC. The molecule has 0 radical (unpaired) electrons. The highest BCUT2D eigenvalue weighted by atomic mass is 16.5. The van der Waals surface area contributed by atoms with Gasteiger partial charge in [-0.05, 0) is 39.5 Å². The van der Waals surface area contributed by atoms with Gasteiger partial charge in [0.2, 0.25) is 0 Å². The first-order valence-corrected chi connectivity index (χ1v) is 9.88. The molecule has 2 unspecified atom stereocenters. The van der Waals surface area contributed by atoms with Crippen molar-refractivity contribution in [2.75, 3.05) is 0 Å². The Morgan fingerprint density at radius 2 is 1.04 bits per heavy atom. The third kappa shape index (κ3) is 14.5. The molecule has 0 aliphatic carbocycles. The smallest absolute Gasteiger partial charge is 0.306 e. The van der Waals surface area contributed by atoms with Gasteiger partial charge >= 0.3 is 11.9 Å². The second kappa shape index (κ2) is 15.5. The van der Waals surface area contributed by atoms with Crippen molar-refractivity contribution in [3.8, 4) is 0 Å². The first-order valence-electron chi connectivity index (χ1n) is 9.88. The fourth-order valence-electron chi connectivity index (χ4n) is 2.61. The molecule has 0 rings (SSSR count). The zero-order chi connectivity index (χ0) is 18.2. The largest absolute Gasteiger partial charge is 0.463 e. The van der Waals surface area contributed by atoms with Crippen LogP contribution in [0.3, 0.4) is 0 Å². The number of esters is 2. The van der Waals surface area contributed by atoms with Gasteiger partial charge in [-0.3, -0.25) is 9.59 Å². The van der Waals surface area contributed by atoms with Gasteiger partial charge in [0, 0.05) is 0 Å². The number of rotatable bonds is 15. The zero-order valence-electron chi connectivity index (χ0n) is 16.3. The summed E-state index contributed by atoms with van der Waals surface area (Å²) in [5.41, 5.74) is 0. The van der Waals surface area contributed by atoms with Crippen LogP contribution in [0.4, 0.5) is 0 Å². The van der Waals surface area contributed by atoms with Crippen molar-refractivity contribution < 1.29 is 19.1 Å². The van der Waals surface area contributed by atoms with Crippen LogP contribution in [0.15, 0.2) is 0 Å². The maximum atomic E-state index is 11.7. The monoisotopic (exact) mass is 342 g/mol. The molecule has 0 saturated carbocycles. The topological polar surface area (TPSA) is 52.6 Å². The van der Waals surface area contributed by atoms with Gasteiger partial charge in [0.25, 0.3) is 0 Å². The number of hydrogen-bond acceptors (Lipinski definition) is 4. The number of ether oxygens (including phenoxy) is 2. The molecule has 0 N–H and O–H groups in total. The molecule has 0 aliphatic heterocycles. The summed E-state index contributed by atoms with van der Waals surface area (Å²) in [6.45, 7) is 8.18. The molecule has 24 heavy (non-hydrogen) atoms. The number of unbranched alkanes of at least 4 members (excludes halogenated alkanes) is 6. The van der Waals surface area contributed by atoms with Gasteiger partial charge in [-0.25, -0.2) is 0 Å². The van der Waals surface area contributed by atoms with Crippen LogP contribution < -0.4 is 0 Å². The lowest BCUT2D eigenvalue weighted by Crippen LogP contribution is -2.18. The summed E-state index contributed by atoms with van der Waals surface area (Å²) >= 11 is 0. The molecule has 0 aliphatic rings. The van der Waals surface area contributed by atoms with Crippen molar-refractivity contribution in [1.29, 1.82) is 0 Å². The summed E-state index contributed by atoms with van der Waals surface area (Å²) in [6.07, 6.45) is 11.3. The molecular weight excluding hydrogens is 304 g/mol. The number of carbonyl (C=O) groups excluding carboxylic acids is 2. The Morgan fingerprint density at radius 1 is 0.667 bits per heavy atom. The molecule has 0 spiro atoms. The molecule has 0 bridgehead atoms. The molecule has 4 heteroatoms. The third-order valence-electron chi connectivity index (χ3n) is 4.13. The minimum atomic E-state index is -0.300. The van der Waals surface area contributed by atoms with Crippen LogP contribution in [-0.4, -0.2) is 24.1 Å². The maximum absolute atomic E-state index is 11.7. The van der Waals surface area contributed by atoms with Crippen LogP contribution in [0.1, 0.15) is 105 Å². The van der Waals surface area contributed by atoms with Crippen LogP contribution in [0, 0.1) is 0 Å². The summed E-state index contributed by atoms with van der Waals surface area (Å²) in [7, 11) is 0. The first-order chi connectivity index (χ1) is 11.5. The lowest BCUT2D eigenvalue weighted by atomic mass is 10.1. The normalized spacial score (nSPS) is 13.3. The number of carbonyl (C=O) groups is 2. The quantitative estimate of drug-likeness (QED) is 0.288. The molecule has 0 saturated heterocycles. The second-order valence-corrected chi connectivity index (χ2v) is 6.80. The predicted octanol–water partition coefficient (Wildman–Crippen LogP) is 5.57. The Morgan fingerprint density at radius 3 is 1.38 bits per heavy atom. The summed E-state index contributed by atoms with van der Waals surface area (Å²) in [5.74, 6) is -0.601. The van der Waals surface area contributed by atoms with E-state index in [1.807, 2.05) is 13.8 Å². The Balaban J connectivity index is 3.71. The molecule has 0 amide bonds. The maximum Gasteiger partial charge on any atom is 0.306 e. The van der Waals surface area contributed by atoms with E-state index < -0.39 is 0 Å². The van der Waals surface area contributed by atoms with Gasteiger partial charge in [-0.15, -0.1) is 0 Å². The Labute approximate surface area is 148 Å². The Hall–Kier alpha value is -1.06. The van der Waals surface area contributed by atoms with Gasteiger partial charge in [-0.1, -0.05) is 52.4 Å². The second-order valence-electron chi connectivity index (χ2n) is 6.80. The predicted molar refractivity (Wildman–Crippen MR) is 97.9 cm³/mol. The number of hydrogen-bond donors (Lipinski definition) is 0. The van der Waals surface area contributed by atoms with Crippen LogP contribution >= 0.6 is 0 Å². The molecule has 4 nitrogen and oxygen atoms in total. The zero-order valence-corrected chi connectivity index (χ0v) is 16.3. The average molecular weight is 343 g/mol. The van der Waals surface area contributed by atoms with Crippen molar-refractivity contribution in [1.82, 2.24) is 0 Å². The molecular formula is C20H38O4. The van der Waals surface area contributed by atoms with Crippen LogP contribution in [0.2, 0.25) is 0 Å². The summed E-state index contributed by atoms with van der Waals surface area (Å²) in [6, 6.07) is 0. The molecule has 0 aromatic heterocycles. The average Bonchev–Trinajstić information content (AvgIpc) is 2.54. The molecule has 142 valence electrons. The van der Waals surface area contributed by atoms with Gasteiger partial charge in [0.15, 0.2) is 0 Å². The molecule has 0 aromatic rings. The van der Waals surface area contributed by atoms with E-state index >= 15 is 0 Å². The van der Waals surface area contributed by atoms with Crippen molar-refractivity contribution in [3.05, 3.63) is 0 Å². The standard InChI is InChI=1S/C20H38O4/c1-5-7-9-11-13-17(3)23-19(21)15-16-20(22)24-18(4)14-12-10-8-6-2/h17-18H,5-16H2,1-4H3. The minimum absolute atomic E-state index is 0.0668. The minimum Gasteiger partial charge on any atom is -0.463 e. The fraction of sp³-hybridized carbons (Fsp3) is 0.900. The fourth-order valence-corrected chi connectivity index (χ4v) is 2.61. The van der Waals surface area contributed by atoms with Crippen molar-refractivity contribution in [2.45, 2.75) is 117 Å². The van der Waals surface area contributed by atoms with Gasteiger partial charge in [0.1, 0.15) is 0 Å². The summed E-state index contributed by atoms with van der Waals surface area (Å²) in [5, 5.41) is 0. The van der Waals surface area contributed by atoms with E-state index in [4.69, 9.17) is 9.47 Å². The van der Waals surface area contributed by atoms with E-state index in [-0.39, 0.29) is 37.0 Å². The lowest BCUT2D eigenvalue weighted by Gasteiger charge is -2.14. The van der Waals surface area contributed by atoms with Crippen molar-refractivity contribution >= 4 is 11.9 Å². The van der Waals surface area contributed by atoms with Crippen LogP contribution in [0.25, 0.3) is 0 Å². The first kappa shape index (κ1) is 22.9. The Kier molecular flexibility index (Phi) is 14.8. The summed E-state index contributed by atoms with van der Waals surface area (Å²) < 4.78 is 10.7. The van der Waals surface area contributed by atoms with Gasteiger partial charge in [0.05, 0.1) is 25.0 Å². The van der Waals surface area contributed by atoms with E-state index in [0.717, 1.165) is 25.7 Å². The van der Waals surface area contributed by atoms with Gasteiger partial charge < -0.3 is 9.47 Å². The van der Waals surface area contributed by atoms with Crippen LogP contribution in [-0.2, 0) is 19.1 Å². The summed E-state index contributed by atoms with van der Waals surface area (Å²) in [4.78, 5) is 23.5. The highest BCUT2D eigenvalue weighted by Gasteiger charge is 2.14. The molecule has 0 heterocycles. The molecule has 0 fully saturated rings. The molecule has 2 atom stereocenters. The van der Waals surface area contributed by atoms with Crippen molar-refractivity contribution in [2.24, 2.45) is 0 Å². The third-order valence-corrected chi connectivity index (χ3v) is 4.13. The molecule has 0 aromatic carbocycles. The van der Waals surface area contributed by atoms with E-state index in [0.29, 0.717) is 0 Å². The van der Waals surface area contributed by atoms with E-state index in [9.17, 15) is 9.59 Å². The highest BCUT2D eigenvalue weighted by molar-refractivity contribution is 5.77. The Bertz CT molecular complexity index is 296. The van der Waals surface area contributed by atoms with E-state index in [2.05, 4.69) is 13.8 Å².